The minimum atomic E-state index is -0.322. The molecule has 0 saturated carbocycles. The van der Waals surface area contributed by atoms with Gasteiger partial charge in [-0.1, -0.05) is 42.2 Å². The molecular formula is C19H16N2O3S2. The van der Waals surface area contributed by atoms with Crippen molar-refractivity contribution >= 4 is 51.9 Å². The lowest BCUT2D eigenvalue weighted by molar-refractivity contribution is -0.121. The second-order valence-electron chi connectivity index (χ2n) is 5.84. The van der Waals surface area contributed by atoms with Gasteiger partial charge in [0.05, 0.1) is 10.6 Å². The average molecular weight is 384 g/mol. The highest BCUT2D eigenvalue weighted by atomic mass is 32.2. The van der Waals surface area contributed by atoms with E-state index in [4.69, 9.17) is 12.2 Å². The largest absolute Gasteiger partial charge is 0.506 e. The Morgan fingerprint density at radius 1 is 1.23 bits per heavy atom. The van der Waals surface area contributed by atoms with Crippen LogP contribution >= 0.6 is 24.0 Å². The van der Waals surface area contributed by atoms with Crippen LogP contribution in [-0.2, 0) is 4.79 Å². The van der Waals surface area contributed by atoms with Crippen LogP contribution in [0.2, 0.25) is 0 Å². The van der Waals surface area contributed by atoms with Crippen molar-refractivity contribution < 1.29 is 14.7 Å². The molecule has 26 heavy (non-hydrogen) atoms. The fourth-order valence-electron chi connectivity index (χ4n) is 2.37. The quantitative estimate of drug-likeness (QED) is 0.479. The molecule has 3 rings (SSSR count). The van der Waals surface area contributed by atoms with Gasteiger partial charge in [-0.25, -0.2) is 0 Å². The Bertz CT molecular complexity index is 936. The van der Waals surface area contributed by atoms with Crippen molar-refractivity contribution in [2.24, 2.45) is 0 Å². The first-order valence-corrected chi connectivity index (χ1v) is 9.00. The van der Waals surface area contributed by atoms with Crippen molar-refractivity contribution in [3.63, 3.8) is 0 Å². The highest BCUT2D eigenvalue weighted by Gasteiger charge is 2.28. The molecule has 1 heterocycles. The summed E-state index contributed by atoms with van der Waals surface area (Å²) in [6, 6.07) is 11.9. The number of carbonyl (C=O) groups is 2. The molecule has 0 bridgehead atoms. The molecule has 2 N–H and O–H groups in total. The number of aromatic hydroxyl groups is 1. The molecule has 0 aliphatic carbocycles. The van der Waals surface area contributed by atoms with Crippen LogP contribution < -0.4 is 5.32 Å². The molecule has 7 heteroatoms. The highest BCUT2D eigenvalue weighted by Crippen LogP contribution is 2.31. The third kappa shape index (κ3) is 3.79. The lowest BCUT2D eigenvalue weighted by atomic mass is 10.1. The number of thioether (sulfide) groups is 1. The van der Waals surface area contributed by atoms with Gasteiger partial charge < -0.3 is 10.4 Å². The molecule has 1 fully saturated rings. The third-order valence-electron chi connectivity index (χ3n) is 3.86. The summed E-state index contributed by atoms with van der Waals surface area (Å²) < 4.78 is 0.523. The first-order valence-electron chi connectivity index (χ1n) is 7.78. The van der Waals surface area contributed by atoms with Gasteiger partial charge in [-0.2, -0.15) is 0 Å². The number of hydrogen-bond donors (Lipinski definition) is 2. The number of nitrogens with zero attached hydrogens (tertiary/aromatic N) is 1. The topological polar surface area (TPSA) is 69.6 Å². The maximum absolute atomic E-state index is 12.4. The molecule has 5 nitrogen and oxygen atoms in total. The Hall–Kier alpha value is -2.64. The summed E-state index contributed by atoms with van der Waals surface area (Å²) in [6.07, 6.45) is 1.75. The van der Waals surface area contributed by atoms with E-state index in [1.54, 1.807) is 49.5 Å². The number of phenolic OH excluding ortho intramolecular Hbond substituents is 1. The molecule has 2 aromatic carbocycles. The maximum Gasteiger partial charge on any atom is 0.265 e. The Labute approximate surface area is 160 Å². The van der Waals surface area contributed by atoms with Gasteiger partial charge in [-0.05, 0) is 48.4 Å². The summed E-state index contributed by atoms with van der Waals surface area (Å²) in [4.78, 5) is 26.4. The van der Waals surface area contributed by atoms with Gasteiger partial charge in [0, 0.05) is 12.6 Å². The summed E-state index contributed by atoms with van der Waals surface area (Å²) in [5, 5.41) is 12.5. The van der Waals surface area contributed by atoms with E-state index in [0.29, 0.717) is 20.5 Å². The van der Waals surface area contributed by atoms with Crippen LogP contribution in [-0.4, -0.2) is 33.2 Å². The summed E-state index contributed by atoms with van der Waals surface area (Å²) in [6.45, 7) is 1.88. The standard InChI is InChI=1S/C19H16N2O3S2/c1-11-3-8-15(22)14(9-11)20-17(23)13-6-4-12(5-7-13)10-16-18(24)21(2)19(25)26-16/h3-10,22H,1-2H3,(H,20,23). The van der Waals surface area contributed by atoms with Crippen LogP contribution in [0.4, 0.5) is 5.69 Å². The Morgan fingerprint density at radius 3 is 2.54 bits per heavy atom. The van der Waals surface area contributed by atoms with Crippen LogP contribution in [0.5, 0.6) is 5.75 Å². The average Bonchev–Trinajstić information content (AvgIpc) is 2.85. The van der Waals surface area contributed by atoms with E-state index < -0.39 is 0 Å². The first kappa shape index (κ1) is 18.2. The summed E-state index contributed by atoms with van der Waals surface area (Å²) in [5.74, 6) is -0.434. The van der Waals surface area contributed by atoms with Crippen molar-refractivity contribution in [2.45, 2.75) is 6.92 Å². The second kappa shape index (κ2) is 7.31. The van der Waals surface area contributed by atoms with Gasteiger partial charge >= 0.3 is 0 Å². The van der Waals surface area contributed by atoms with Crippen LogP contribution in [0, 0.1) is 6.92 Å². The van der Waals surface area contributed by atoms with Crippen molar-refractivity contribution in [3.05, 3.63) is 64.1 Å². The SMILES string of the molecule is Cc1ccc(O)c(NC(=O)c2ccc(C=C3SC(=S)N(C)C3=O)cc2)c1. The number of likely N-dealkylation sites (N-methyl/N-ethyl adjacent to an activating group) is 1. The Kier molecular flexibility index (Phi) is 5.11. The number of rotatable bonds is 3. The zero-order valence-corrected chi connectivity index (χ0v) is 15.8. The summed E-state index contributed by atoms with van der Waals surface area (Å²) in [5.41, 5.74) is 2.55. The van der Waals surface area contributed by atoms with Crippen molar-refractivity contribution in [1.82, 2.24) is 4.90 Å². The van der Waals surface area contributed by atoms with E-state index in [9.17, 15) is 14.7 Å². The molecule has 0 radical (unpaired) electrons. The predicted octanol–water partition coefficient (Wildman–Crippen LogP) is 3.78. The molecule has 0 spiro atoms. The second-order valence-corrected chi connectivity index (χ2v) is 7.51. The molecule has 0 atom stereocenters. The lowest BCUT2D eigenvalue weighted by Gasteiger charge is -2.08. The molecule has 132 valence electrons. The van der Waals surface area contributed by atoms with E-state index in [-0.39, 0.29) is 17.6 Å². The first-order chi connectivity index (χ1) is 12.3. The molecule has 1 aliphatic heterocycles. The Morgan fingerprint density at radius 2 is 1.92 bits per heavy atom. The number of amides is 2. The van der Waals surface area contributed by atoms with E-state index >= 15 is 0 Å². The Balaban J connectivity index is 1.75. The van der Waals surface area contributed by atoms with Crippen molar-refractivity contribution in [2.75, 3.05) is 12.4 Å². The maximum atomic E-state index is 12.4. The van der Waals surface area contributed by atoms with Gasteiger partial charge in [0.25, 0.3) is 11.8 Å². The zero-order chi connectivity index (χ0) is 18.8. The van der Waals surface area contributed by atoms with Crippen LogP contribution in [0.3, 0.4) is 0 Å². The molecule has 2 amide bonds. The smallest absolute Gasteiger partial charge is 0.265 e. The van der Waals surface area contributed by atoms with E-state index in [0.717, 1.165) is 11.1 Å². The van der Waals surface area contributed by atoms with E-state index in [1.165, 1.54) is 22.7 Å². The van der Waals surface area contributed by atoms with Crippen molar-refractivity contribution in [3.8, 4) is 5.75 Å². The number of phenols is 1. The van der Waals surface area contributed by atoms with E-state index in [2.05, 4.69) is 5.32 Å². The molecular weight excluding hydrogens is 368 g/mol. The predicted molar refractivity (Wildman–Crippen MR) is 108 cm³/mol. The number of carbonyl (C=O) groups excluding carboxylic acids is 2. The minimum absolute atomic E-state index is 0.0159. The fraction of sp³-hybridized carbons (Fsp3) is 0.105. The molecule has 2 aromatic rings. The minimum Gasteiger partial charge on any atom is -0.506 e. The number of hydrogen-bond acceptors (Lipinski definition) is 5. The molecule has 0 unspecified atom stereocenters. The van der Waals surface area contributed by atoms with Gasteiger partial charge in [0.1, 0.15) is 10.1 Å². The number of anilines is 1. The lowest BCUT2D eigenvalue weighted by Crippen LogP contribution is -2.22. The van der Waals surface area contributed by atoms with Crippen LogP contribution in [0.15, 0.2) is 47.4 Å². The fourth-order valence-corrected chi connectivity index (χ4v) is 3.55. The van der Waals surface area contributed by atoms with Crippen molar-refractivity contribution in [1.29, 1.82) is 0 Å². The zero-order valence-electron chi connectivity index (χ0n) is 14.1. The number of aryl methyl sites for hydroxylation is 1. The van der Waals surface area contributed by atoms with Gasteiger partial charge in [-0.15, -0.1) is 0 Å². The monoisotopic (exact) mass is 384 g/mol. The number of benzene rings is 2. The summed E-state index contributed by atoms with van der Waals surface area (Å²) in [7, 11) is 1.65. The van der Waals surface area contributed by atoms with Crippen LogP contribution in [0.1, 0.15) is 21.5 Å². The molecule has 1 aliphatic rings. The normalized spacial score (nSPS) is 15.6. The number of thiocarbonyl (C=S) groups is 1. The van der Waals surface area contributed by atoms with Gasteiger partial charge in [-0.3, -0.25) is 14.5 Å². The van der Waals surface area contributed by atoms with Gasteiger partial charge in [0.15, 0.2) is 0 Å². The summed E-state index contributed by atoms with van der Waals surface area (Å²) >= 11 is 6.36. The third-order valence-corrected chi connectivity index (χ3v) is 5.34. The van der Waals surface area contributed by atoms with Gasteiger partial charge in [0.2, 0.25) is 0 Å². The van der Waals surface area contributed by atoms with E-state index in [1.807, 2.05) is 6.92 Å². The molecule has 1 saturated heterocycles. The van der Waals surface area contributed by atoms with Crippen LogP contribution in [0.25, 0.3) is 6.08 Å². The molecule has 0 aromatic heterocycles. The highest BCUT2D eigenvalue weighted by molar-refractivity contribution is 8.26. The number of nitrogens with one attached hydrogen (secondary N) is 1.